The third-order valence-corrected chi connectivity index (χ3v) is 10.6. The van der Waals surface area contributed by atoms with Crippen molar-refractivity contribution >= 4 is 40.2 Å². The molecule has 2 fully saturated rings. The number of anilines is 2. The van der Waals surface area contributed by atoms with Crippen molar-refractivity contribution in [3.05, 3.63) is 77.0 Å². The van der Waals surface area contributed by atoms with Crippen molar-refractivity contribution in [2.24, 2.45) is 5.92 Å². The Morgan fingerprint density at radius 1 is 1.10 bits per heavy atom. The topological polar surface area (TPSA) is 87.5 Å². The Morgan fingerprint density at radius 2 is 1.90 bits per heavy atom. The van der Waals surface area contributed by atoms with Gasteiger partial charge in [-0.3, -0.25) is 9.78 Å². The molecule has 2 bridgehead atoms. The summed E-state index contributed by atoms with van der Waals surface area (Å²) in [6.45, 7) is 13.6. The van der Waals surface area contributed by atoms with Gasteiger partial charge < -0.3 is 14.7 Å². The summed E-state index contributed by atoms with van der Waals surface area (Å²) in [7, 11) is 0. The molecule has 5 heterocycles. The van der Waals surface area contributed by atoms with Crippen LogP contribution in [0.4, 0.5) is 20.3 Å². The van der Waals surface area contributed by atoms with Crippen molar-refractivity contribution in [2.75, 3.05) is 41.7 Å². The summed E-state index contributed by atoms with van der Waals surface area (Å²) in [6.07, 6.45) is 5.26. The predicted molar refractivity (Wildman–Crippen MR) is 186 cm³/mol. The minimum absolute atomic E-state index is 0.0594. The van der Waals surface area contributed by atoms with Crippen LogP contribution in [0.15, 0.2) is 58.9 Å². The summed E-state index contributed by atoms with van der Waals surface area (Å²) >= 11 is 1.60. The molecule has 0 N–H and O–H groups in total. The lowest BCUT2D eigenvalue weighted by Gasteiger charge is -2.44. The van der Waals surface area contributed by atoms with Crippen LogP contribution in [0.1, 0.15) is 52.1 Å². The van der Waals surface area contributed by atoms with Gasteiger partial charge in [-0.2, -0.15) is 4.98 Å². The van der Waals surface area contributed by atoms with Gasteiger partial charge in [-0.15, -0.1) is 11.8 Å². The lowest BCUT2D eigenvalue weighted by molar-refractivity contribution is -0.128. The third kappa shape index (κ3) is 5.63. The molecule has 48 heavy (non-hydrogen) atoms. The van der Waals surface area contributed by atoms with Crippen LogP contribution in [0.25, 0.3) is 28.0 Å². The van der Waals surface area contributed by atoms with Crippen LogP contribution in [0, 0.1) is 17.6 Å². The number of fused-ring (bicyclic) bond motifs is 5. The van der Waals surface area contributed by atoms with Gasteiger partial charge in [0.05, 0.1) is 22.3 Å². The van der Waals surface area contributed by atoms with Gasteiger partial charge in [0, 0.05) is 60.8 Å². The van der Waals surface area contributed by atoms with Crippen LogP contribution in [0.3, 0.4) is 0 Å². The quantitative estimate of drug-likeness (QED) is 0.233. The monoisotopic (exact) mass is 671 g/mol. The number of pyridine rings is 2. The molecule has 2 aliphatic heterocycles. The molecular formula is C36H39F2N7O2S. The lowest BCUT2D eigenvalue weighted by Crippen LogP contribution is -2.58. The summed E-state index contributed by atoms with van der Waals surface area (Å²) in [6, 6.07) is 7.55. The molecule has 1 aliphatic carbocycles. The van der Waals surface area contributed by atoms with E-state index >= 15 is 8.78 Å². The van der Waals surface area contributed by atoms with Gasteiger partial charge in [-0.25, -0.2) is 23.1 Å². The van der Waals surface area contributed by atoms with Gasteiger partial charge in [0.2, 0.25) is 5.91 Å². The summed E-state index contributed by atoms with van der Waals surface area (Å²) in [5.74, 6) is -0.110. The molecule has 0 radical (unpaired) electrons. The largest absolute Gasteiger partial charge is 0.370 e. The van der Waals surface area contributed by atoms with Gasteiger partial charge in [-0.1, -0.05) is 26.5 Å². The van der Waals surface area contributed by atoms with Crippen LogP contribution in [0.2, 0.25) is 0 Å². The predicted octanol–water partition coefficient (Wildman–Crippen LogP) is 6.18. The highest BCUT2D eigenvalue weighted by molar-refractivity contribution is 7.99. The number of rotatable bonds is 5. The second-order valence-corrected chi connectivity index (χ2v) is 14.5. The van der Waals surface area contributed by atoms with Gasteiger partial charge in [0.1, 0.15) is 17.3 Å². The van der Waals surface area contributed by atoms with Crippen LogP contribution in [-0.2, 0) is 4.79 Å². The highest BCUT2D eigenvalue weighted by Gasteiger charge is 2.35. The maximum absolute atomic E-state index is 16.6. The zero-order chi connectivity index (χ0) is 33.9. The molecule has 3 aliphatic rings. The molecule has 3 aromatic heterocycles. The number of thioether (sulfide) groups is 1. The van der Waals surface area contributed by atoms with Crippen molar-refractivity contribution in [1.29, 1.82) is 0 Å². The number of amides is 1. The Kier molecular flexibility index (Phi) is 8.47. The Bertz CT molecular complexity index is 2000. The normalized spacial score (nSPS) is 19.6. The maximum atomic E-state index is 16.6. The van der Waals surface area contributed by atoms with E-state index in [0.29, 0.717) is 53.8 Å². The molecule has 1 saturated heterocycles. The summed E-state index contributed by atoms with van der Waals surface area (Å²) < 4.78 is 34.0. The van der Waals surface area contributed by atoms with Crippen molar-refractivity contribution in [3.8, 4) is 16.9 Å². The molecule has 1 saturated carbocycles. The fourth-order valence-electron chi connectivity index (χ4n) is 6.96. The summed E-state index contributed by atoms with van der Waals surface area (Å²) in [4.78, 5) is 47.8. The lowest BCUT2D eigenvalue weighted by atomic mass is 10.0. The van der Waals surface area contributed by atoms with E-state index in [9.17, 15) is 9.59 Å². The first-order valence-corrected chi connectivity index (χ1v) is 17.5. The van der Waals surface area contributed by atoms with E-state index in [4.69, 9.17) is 9.97 Å². The van der Waals surface area contributed by atoms with Crippen LogP contribution < -0.4 is 15.5 Å². The molecule has 1 amide bonds. The van der Waals surface area contributed by atoms with Gasteiger partial charge >= 0.3 is 5.69 Å². The first-order valence-electron chi connectivity index (χ1n) is 16.6. The average molecular weight is 672 g/mol. The number of nitrogens with zero attached hydrogens (tertiary/aromatic N) is 7. The third-order valence-electron chi connectivity index (χ3n) is 9.57. The van der Waals surface area contributed by atoms with Crippen LogP contribution in [0.5, 0.6) is 0 Å². The molecule has 12 heteroatoms. The Morgan fingerprint density at radius 3 is 2.62 bits per heavy atom. The number of carbonyl (C=O) groups is 1. The molecule has 7 rings (SSSR count). The second kappa shape index (κ2) is 12.6. The molecule has 1 aromatic carbocycles. The van der Waals surface area contributed by atoms with Gasteiger partial charge in [0.25, 0.3) is 0 Å². The summed E-state index contributed by atoms with van der Waals surface area (Å²) in [5.41, 5.74) is 1.32. The van der Waals surface area contributed by atoms with Crippen molar-refractivity contribution in [1.82, 2.24) is 24.4 Å². The van der Waals surface area contributed by atoms with Crippen molar-refractivity contribution < 1.29 is 13.6 Å². The number of piperazine rings is 1. The van der Waals surface area contributed by atoms with Gasteiger partial charge in [-0.05, 0) is 68.9 Å². The van der Waals surface area contributed by atoms with E-state index in [1.165, 1.54) is 22.8 Å². The fraction of sp³-hybridized carbons (Fsp3) is 0.417. The Labute approximate surface area is 282 Å². The number of hydrogen-bond acceptors (Lipinski definition) is 8. The molecule has 0 spiro atoms. The zero-order valence-electron chi connectivity index (χ0n) is 27.6. The average Bonchev–Trinajstić information content (AvgIpc) is 3.88. The van der Waals surface area contributed by atoms with E-state index in [1.807, 2.05) is 44.7 Å². The molecule has 0 unspecified atom stereocenters. The second-order valence-electron chi connectivity index (χ2n) is 13.4. The number of benzene rings is 1. The number of halogens is 2. The summed E-state index contributed by atoms with van der Waals surface area (Å²) in [5, 5.41) is 0.317. The Hall–Kier alpha value is -4.32. The molecular weight excluding hydrogens is 633 g/mol. The molecule has 9 nitrogen and oxygen atoms in total. The first-order chi connectivity index (χ1) is 23.1. The smallest absolute Gasteiger partial charge is 0.355 e. The number of aromatic nitrogens is 4. The van der Waals surface area contributed by atoms with E-state index in [2.05, 4.69) is 16.5 Å². The molecule has 2 atom stereocenters. The maximum Gasteiger partial charge on any atom is 0.355 e. The van der Waals surface area contributed by atoms with E-state index < -0.39 is 17.3 Å². The molecule has 4 aromatic rings. The minimum atomic E-state index is -0.712. The van der Waals surface area contributed by atoms with E-state index in [1.54, 1.807) is 28.9 Å². The number of hydrogen-bond donors (Lipinski definition) is 0. The van der Waals surface area contributed by atoms with Gasteiger partial charge in [0.15, 0.2) is 11.5 Å². The van der Waals surface area contributed by atoms with Crippen molar-refractivity contribution in [3.63, 3.8) is 0 Å². The molecule has 250 valence electrons. The minimum Gasteiger partial charge on any atom is -0.370 e. The van der Waals surface area contributed by atoms with E-state index in [-0.39, 0.29) is 46.6 Å². The van der Waals surface area contributed by atoms with E-state index in [0.717, 1.165) is 24.3 Å². The standard InChI is InChI=1S/C36H39F2N7O2S/c1-6-29(46)43-17-22(5)44(18-21(43)4)34-24-16-26(38)32-30-25(37)8-7-9-27(30)42(19-23-10-11-23)14-15-48-28-12-13-39-31(20(2)3)33(28)45(35(24)40-32)36(47)41-34/h6-9,12-13,16,20-23H,1,10-11,14-15,17-19H2,2-5H3/t21-,22+/m1/s1. The van der Waals surface area contributed by atoms with Crippen molar-refractivity contribution in [2.45, 2.75) is 63.4 Å². The number of carbonyl (C=O) groups excluding carboxylic acids is 1. The fourth-order valence-corrected chi connectivity index (χ4v) is 7.98. The first kappa shape index (κ1) is 32.2. The van der Waals surface area contributed by atoms with Crippen LogP contribution >= 0.6 is 11.8 Å². The zero-order valence-corrected chi connectivity index (χ0v) is 28.4. The SMILES string of the molecule is C=CC(=O)N1C[C@H](C)N(c2nc(=O)n3c4nc(c(F)cc24)-c2c(F)cccc2N(CC2CC2)CCSc2ccnc(C(C)C)c2-3)C[C@H]1C. The Balaban J connectivity index is 1.53. The van der Waals surface area contributed by atoms with Crippen LogP contribution in [-0.4, -0.2) is 74.3 Å². The highest BCUT2D eigenvalue weighted by Crippen LogP contribution is 2.41. The highest BCUT2D eigenvalue weighted by atomic mass is 32.2.